The lowest BCUT2D eigenvalue weighted by atomic mass is 10.1. The van der Waals surface area contributed by atoms with Crippen molar-refractivity contribution in [1.29, 1.82) is 0 Å². The molecular formula is C17H20ClNO3. The fraction of sp³-hybridized carbons (Fsp3) is 0.412. The number of nitrogens with zero attached hydrogens (tertiary/aromatic N) is 1. The van der Waals surface area contributed by atoms with Crippen LogP contribution in [0.1, 0.15) is 0 Å². The number of halogens is 1. The average Bonchev–Trinajstić information content (AvgIpc) is 2.55. The van der Waals surface area contributed by atoms with Crippen molar-refractivity contribution in [2.24, 2.45) is 0 Å². The Kier molecular flexibility index (Phi) is 5.16. The first kappa shape index (κ1) is 15.6. The summed E-state index contributed by atoms with van der Waals surface area (Å²) in [7, 11) is 0. The van der Waals surface area contributed by atoms with Crippen LogP contribution in [-0.2, 0) is 4.74 Å². The summed E-state index contributed by atoms with van der Waals surface area (Å²) in [5.41, 5.74) is 0. The van der Waals surface area contributed by atoms with Gasteiger partial charge in [0.1, 0.15) is 18.5 Å². The van der Waals surface area contributed by atoms with Crippen molar-refractivity contribution < 1.29 is 14.6 Å². The molecule has 1 aliphatic heterocycles. The van der Waals surface area contributed by atoms with Gasteiger partial charge in [0, 0.05) is 35.4 Å². The number of aliphatic hydroxyl groups is 1. The second-order valence-corrected chi connectivity index (χ2v) is 5.88. The summed E-state index contributed by atoms with van der Waals surface area (Å²) in [6.45, 7) is 4.06. The molecule has 1 fully saturated rings. The number of rotatable bonds is 5. The molecule has 118 valence electrons. The lowest BCUT2D eigenvalue weighted by Crippen LogP contribution is -2.42. The Bertz CT molecular complexity index is 628. The van der Waals surface area contributed by atoms with Crippen LogP contribution < -0.4 is 4.74 Å². The Balaban J connectivity index is 1.62. The zero-order valence-corrected chi connectivity index (χ0v) is 13.1. The van der Waals surface area contributed by atoms with Gasteiger partial charge in [-0.25, -0.2) is 0 Å². The van der Waals surface area contributed by atoms with Crippen LogP contribution in [-0.4, -0.2) is 55.6 Å². The van der Waals surface area contributed by atoms with Gasteiger partial charge in [-0.2, -0.15) is 0 Å². The molecular weight excluding hydrogens is 302 g/mol. The van der Waals surface area contributed by atoms with E-state index in [1.807, 2.05) is 36.4 Å². The molecule has 0 amide bonds. The van der Waals surface area contributed by atoms with Crippen LogP contribution in [0.25, 0.3) is 10.8 Å². The third kappa shape index (κ3) is 3.70. The zero-order chi connectivity index (χ0) is 15.4. The third-order valence-electron chi connectivity index (χ3n) is 3.83. The van der Waals surface area contributed by atoms with Crippen molar-refractivity contribution in [2.45, 2.75) is 6.10 Å². The minimum absolute atomic E-state index is 0.267. The van der Waals surface area contributed by atoms with Crippen LogP contribution in [0.2, 0.25) is 5.02 Å². The summed E-state index contributed by atoms with van der Waals surface area (Å²) < 4.78 is 11.1. The molecule has 1 aliphatic rings. The van der Waals surface area contributed by atoms with Gasteiger partial charge in [0.2, 0.25) is 0 Å². The molecule has 1 atom stereocenters. The summed E-state index contributed by atoms with van der Waals surface area (Å²) >= 11 is 6.20. The Labute approximate surface area is 135 Å². The van der Waals surface area contributed by atoms with E-state index in [4.69, 9.17) is 21.1 Å². The predicted molar refractivity (Wildman–Crippen MR) is 87.7 cm³/mol. The summed E-state index contributed by atoms with van der Waals surface area (Å²) in [6, 6.07) is 11.5. The van der Waals surface area contributed by atoms with Crippen molar-refractivity contribution in [1.82, 2.24) is 4.90 Å². The van der Waals surface area contributed by atoms with E-state index in [1.54, 1.807) is 0 Å². The Morgan fingerprint density at radius 1 is 1.14 bits per heavy atom. The van der Waals surface area contributed by atoms with Gasteiger partial charge in [0.15, 0.2) is 0 Å². The van der Waals surface area contributed by atoms with Crippen molar-refractivity contribution in [3.8, 4) is 5.75 Å². The quantitative estimate of drug-likeness (QED) is 0.919. The second kappa shape index (κ2) is 7.29. The van der Waals surface area contributed by atoms with Crippen molar-refractivity contribution in [2.75, 3.05) is 39.5 Å². The first-order valence-corrected chi connectivity index (χ1v) is 7.90. The highest BCUT2D eigenvalue weighted by Crippen LogP contribution is 2.31. The molecule has 3 rings (SSSR count). The monoisotopic (exact) mass is 321 g/mol. The van der Waals surface area contributed by atoms with Crippen LogP contribution in [0.3, 0.4) is 0 Å². The summed E-state index contributed by atoms with van der Waals surface area (Å²) in [4.78, 5) is 2.19. The molecule has 5 heteroatoms. The van der Waals surface area contributed by atoms with Crippen molar-refractivity contribution >= 4 is 22.4 Å². The van der Waals surface area contributed by atoms with E-state index in [-0.39, 0.29) is 6.61 Å². The lowest BCUT2D eigenvalue weighted by molar-refractivity contribution is 0.00480. The maximum Gasteiger partial charge on any atom is 0.127 e. The smallest absolute Gasteiger partial charge is 0.127 e. The number of hydrogen-bond donors (Lipinski definition) is 1. The van der Waals surface area contributed by atoms with Crippen LogP contribution in [0.4, 0.5) is 0 Å². The Morgan fingerprint density at radius 2 is 1.86 bits per heavy atom. The molecule has 0 saturated carbocycles. The summed E-state index contributed by atoms with van der Waals surface area (Å²) in [6.07, 6.45) is -0.521. The van der Waals surface area contributed by atoms with Crippen LogP contribution >= 0.6 is 11.6 Å². The van der Waals surface area contributed by atoms with Gasteiger partial charge in [-0.15, -0.1) is 0 Å². The molecule has 2 aromatic rings. The maximum absolute atomic E-state index is 10.2. The topological polar surface area (TPSA) is 41.9 Å². The van der Waals surface area contributed by atoms with E-state index in [9.17, 15) is 5.11 Å². The SMILES string of the molecule is OC(COc1ccc(Cl)c2ccccc12)CN1CCOCC1. The number of aliphatic hydroxyl groups excluding tert-OH is 1. The summed E-state index contributed by atoms with van der Waals surface area (Å²) in [5, 5.41) is 12.8. The Hall–Kier alpha value is -1.33. The molecule has 0 spiro atoms. The standard InChI is InChI=1S/C17H20ClNO3/c18-16-5-6-17(15-4-2-1-3-14(15)16)22-12-13(20)11-19-7-9-21-10-8-19/h1-6,13,20H,7-12H2. The molecule has 0 aliphatic carbocycles. The lowest BCUT2D eigenvalue weighted by Gasteiger charge is -2.28. The van der Waals surface area contributed by atoms with Gasteiger partial charge in [-0.3, -0.25) is 4.90 Å². The fourth-order valence-electron chi connectivity index (χ4n) is 2.68. The Morgan fingerprint density at radius 3 is 2.64 bits per heavy atom. The van der Waals surface area contributed by atoms with E-state index in [1.165, 1.54) is 0 Å². The van der Waals surface area contributed by atoms with Crippen molar-refractivity contribution in [3.05, 3.63) is 41.4 Å². The highest BCUT2D eigenvalue weighted by atomic mass is 35.5. The number of morpholine rings is 1. The van der Waals surface area contributed by atoms with E-state index in [0.717, 1.165) is 42.8 Å². The van der Waals surface area contributed by atoms with Gasteiger partial charge in [-0.05, 0) is 12.1 Å². The van der Waals surface area contributed by atoms with Crippen LogP contribution in [0.5, 0.6) is 5.75 Å². The van der Waals surface area contributed by atoms with E-state index in [2.05, 4.69) is 4.90 Å². The highest BCUT2D eigenvalue weighted by molar-refractivity contribution is 6.35. The molecule has 1 saturated heterocycles. The largest absolute Gasteiger partial charge is 0.490 e. The molecule has 0 aromatic heterocycles. The number of hydrogen-bond acceptors (Lipinski definition) is 4. The third-order valence-corrected chi connectivity index (χ3v) is 4.16. The molecule has 2 aromatic carbocycles. The number of fused-ring (bicyclic) bond motifs is 1. The maximum atomic E-state index is 10.2. The van der Waals surface area contributed by atoms with E-state index < -0.39 is 6.10 Å². The van der Waals surface area contributed by atoms with Gasteiger partial charge >= 0.3 is 0 Å². The molecule has 0 bridgehead atoms. The molecule has 4 nitrogen and oxygen atoms in total. The zero-order valence-electron chi connectivity index (χ0n) is 12.4. The number of β-amino-alcohol motifs (C(OH)–C–C–N with tert-alkyl or cyclic N) is 1. The first-order chi connectivity index (χ1) is 10.7. The summed E-state index contributed by atoms with van der Waals surface area (Å²) in [5.74, 6) is 0.751. The normalized spacial score (nSPS) is 17.5. The molecule has 22 heavy (non-hydrogen) atoms. The predicted octanol–water partition coefficient (Wildman–Crippen LogP) is 2.57. The van der Waals surface area contributed by atoms with Gasteiger partial charge in [-0.1, -0.05) is 35.9 Å². The van der Waals surface area contributed by atoms with E-state index >= 15 is 0 Å². The van der Waals surface area contributed by atoms with Gasteiger partial charge in [0.05, 0.1) is 13.2 Å². The fourth-order valence-corrected chi connectivity index (χ4v) is 2.91. The molecule has 1 N–H and O–H groups in total. The molecule has 0 radical (unpaired) electrons. The van der Waals surface area contributed by atoms with Crippen LogP contribution in [0.15, 0.2) is 36.4 Å². The van der Waals surface area contributed by atoms with Crippen molar-refractivity contribution in [3.63, 3.8) is 0 Å². The minimum Gasteiger partial charge on any atom is -0.490 e. The van der Waals surface area contributed by atoms with Crippen LogP contribution in [0, 0.1) is 0 Å². The molecule has 1 unspecified atom stereocenters. The average molecular weight is 322 g/mol. The number of ether oxygens (including phenoxy) is 2. The van der Waals surface area contributed by atoms with Gasteiger partial charge < -0.3 is 14.6 Å². The van der Waals surface area contributed by atoms with Gasteiger partial charge in [0.25, 0.3) is 0 Å². The molecule has 1 heterocycles. The minimum atomic E-state index is -0.521. The highest BCUT2D eigenvalue weighted by Gasteiger charge is 2.15. The first-order valence-electron chi connectivity index (χ1n) is 7.52. The second-order valence-electron chi connectivity index (χ2n) is 5.47. The van der Waals surface area contributed by atoms with E-state index in [0.29, 0.717) is 11.6 Å². The number of benzene rings is 2.